The van der Waals surface area contributed by atoms with Gasteiger partial charge in [0.05, 0.1) is 12.8 Å². The first-order valence-electron chi connectivity index (χ1n) is 10.1. The Balaban J connectivity index is 1.62. The van der Waals surface area contributed by atoms with Crippen molar-refractivity contribution in [2.45, 2.75) is 45.4 Å². The molecule has 0 saturated heterocycles. The predicted octanol–water partition coefficient (Wildman–Crippen LogP) is 5.02. The molecule has 29 heavy (non-hydrogen) atoms. The van der Waals surface area contributed by atoms with Crippen LogP contribution in [0.2, 0.25) is 0 Å². The number of hydrogen-bond donors (Lipinski definition) is 1. The average molecular weight is 394 g/mol. The molecule has 3 aromatic rings. The Morgan fingerprint density at radius 1 is 0.931 bits per heavy atom. The van der Waals surface area contributed by atoms with Crippen molar-refractivity contribution in [3.8, 4) is 5.75 Å². The number of hydrogen-bond acceptors (Lipinski definition) is 4. The fourth-order valence-electron chi connectivity index (χ4n) is 3.24. The highest BCUT2D eigenvalue weighted by Crippen LogP contribution is 2.23. The minimum atomic E-state index is -0.598. The monoisotopic (exact) mass is 393 g/mol. The number of ether oxygens (including phenoxy) is 1. The Labute approximate surface area is 173 Å². The van der Waals surface area contributed by atoms with Crippen LogP contribution in [0.1, 0.15) is 37.7 Å². The molecule has 0 saturated carbocycles. The zero-order valence-corrected chi connectivity index (χ0v) is 17.5. The van der Waals surface area contributed by atoms with Gasteiger partial charge in [-0.2, -0.15) is 0 Å². The SMILES string of the molecule is CC(C)(C)c1ccc(CN(Cc2ccco2)CC(O)COc2ccccc2)cc1. The minimum Gasteiger partial charge on any atom is -0.491 e. The molecule has 0 aliphatic carbocycles. The third kappa shape index (κ3) is 6.77. The summed E-state index contributed by atoms with van der Waals surface area (Å²) < 4.78 is 11.2. The summed E-state index contributed by atoms with van der Waals surface area (Å²) in [4.78, 5) is 2.18. The van der Waals surface area contributed by atoms with Crippen molar-refractivity contribution in [1.82, 2.24) is 4.90 Å². The third-order valence-electron chi connectivity index (χ3n) is 4.84. The normalized spacial score (nSPS) is 12.9. The Hall–Kier alpha value is -2.56. The van der Waals surface area contributed by atoms with Gasteiger partial charge in [0.15, 0.2) is 0 Å². The van der Waals surface area contributed by atoms with Crippen LogP contribution in [0, 0.1) is 0 Å². The molecule has 0 bridgehead atoms. The van der Waals surface area contributed by atoms with Crippen LogP contribution >= 0.6 is 0 Å². The molecule has 0 aliphatic heterocycles. The smallest absolute Gasteiger partial charge is 0.119 e. The molecular weight excluding hydrogens is 362 g/mol. The molecule has 1 N–H and O–H groups in total. The average Bonchev–Trinajstić information content (AvgIpc) is 3.20. The fraction of sp³-hybridized carbons (Fsp3) is 0.360. The Kier molecular flexibility index (Phi) is 7.13. The molecule has 0 spiro atoms. The van der Waals surface area contributed by atoms with Crippen molar-refractivity contribution < 1.29 is 14.3 Å². The molecule has 1 aromatic heterocycles. The number of aliphatic hydroxyl groups is 1. The zero-order chi connectivity index (χ0) is 20.7. The van der Waals surface area contributed by atoms with Gasteiger partial charge in [-0.15, -0.1) is 0 Å². The van der Waals surface area contributed by atoms with E-state index in [4.69, 9.17) is 9.15 Å². The highest BCUT2D eigenvalue weighted by atomic mass is 16.5. The molecule has 0 fully saturated rings. The van der Waals surface area contributed by atoms with Gasteiger partial charge in [0, 0.05) is 13.1 Å². The Morgan fingerprint density at radius 3 is 2.28 bits per heavy atom. The van der Waals surface area contributed by atoms with Crippen LogP contribution in [-0.4, -0.2) is 29.3 Å². The summed E-state index contributed by atoms with van der Waals surface area (Å²) in [6, 6.07) is 22.1. The van der Waals surface area contributed by atoms with Crippen molar-refractivity contribution in [2.75, 3.05) is 13.2 Å². The van der Waals surface area contributed by atoms with Crippen molar-refractivity contribution in [2.24, 2.45) is 0 Å². The number of furan rings is 1. The molecule has 1 heterocycles. The quantitative estimate of drug-likeness (QED) is 0.554. The topological polar surface area (TPSA) is 45.8 Å². The van der Waals surface area contributed by atoms with Crippen LogP contribution < -0.4 is 4.74 Å². The lowest BCUT2D eigenvalue weighted by Gasteiger charge is -2.25. The maximum absolute atomic E-state index is 10.5. The van der Waals surface area contributed by atoms with E-state index in [1.807, 2.05) is 42.5 Å². The first-order valence-corrected chi connectivity index (χ1v) is 10.1. The molecule has 154 valence electrons. The van der Waals surface area contributed by atoms with E-state index in [0.717, 1.165) is 18.1 Å². The fourth-order valence-corrected chi connectivity index (χ4v) is 3.24. The van der Waals surface area contributed by atoms with E-state index >= 15 is 0 Å². The van der Waals surface area contributed by atoms with E-state index < -0.39 is 6.10 Å². The summed E-state index contributed by atoms with van der Waals surface area (Å²) >= 11 is 0. The van der Waals surface area contributed by atoms with Crippen molar-refractivity contribution in [3.05, 3.63) is 89.9 Å². The highest BCUT2D eigenvalue weighted by Gasteiger charge is 2.17. The molecule has 4 heteroatoms. The van der Waals surface area contributed by atoms with Crippen molar-refractivity contribution in [1.29, 1.82) is 0 Å². The van der Waals surface area contributed by atoms with Crippen molar-refractivity contribution in [3.63, 3.8) is 0 Å². The minimum absolute atomic E-state index is 0.136. The second kappa shape index (κ2) is 9.77. The summed E-state index contributed by atoms with van der Waals surface area (Å²) in [7, 11) is 0. The summed E-state index contributed by atoms with van der Waals surface area (Å²) in [6.45, 7) is 8.76. The van der Waals surface area contributed by atoms with Gasteiger partial charge in [0.1, 0.15) is 24.2 Å². The van der Waals surface area contributed by atoms with Gasteiger partial charge in [-0.25, -0.2) is 0 Å². The molecule has 1 atom stereocenters. The van der Waals surface area contributed by atoms with Crippen LogP contribution in [0.15, 0.2) is 77.4 Å². The van der Waals surface area contributed by atoms with E-state index in [-0.39, 0.29) is 12.0 Å². The lowest BCUT2D eigenvalue weighted by atomic mass is 9.87. The predicted molar refractivity (Wildman–Crippen MR) is 116 cm³/mol. The Morgan fingerprint density at radius 2 is 1.66 bits per heavy atom. The van der Waals surface area contributed by atoms with E-state index in [9.17, 15) is 5.11 Å². The summed E-state index contributed by atoms with van der Waals surface area (Å²) in [5, 5.41) is 10.5. The van der Waals surface area contributed by atoms with E-state index in [0.29, 0.717) is 13.1 Å². The van der Waals surface area contributed by atoms with Crippen LogP contribution in [0.4, 0.5) is 0 Å². The van der Waals surface area contributed by atoms with E-state index in [2.05, 4.69) is 49.9 Å². The summed E-state index contributed by atoms with van der Waals surface area (Å²) in [6.07, 6.45) is 1.08. The van der Waals surface area contributed by atoms with Crippen LogP contribution in [0.3, 0.4) is 0 Å². The number of benzene rings is 2. The van der Waals surface area contributed by atoms with Gasteiger partial charge in [-0.3, -0.25) is 4.90 Å². The van der Waals surface area contributed by atoms with Crippen LogP contribution in [-0.2, 0) is 18.5 Å². The number of para-hydroxylation sites is 1. The van der Waals surface area contributed by atoms with Crippen molar-refractivity contribution >= 4 is 0 Å². The van der Waals surface area contributed by atoms with Crippen LogP contribution in [0.25, 0.3) is 0 Å². The Bertz CT molecular complexity index is 836. The highest BCUT2D eigenvalue weighted by molar-refractivity contribution is 5.27. The maximum Gasteiger partial charge on any atom is 0.119 e. The molecule has 0 aliphatic rings. The lowest BCUT2D eigenvalue weighted by molar-refractivity contribution is 0.0604. The van der Waals surface area contributed by atoms with Gasteiger partial charge < -0.3 is 14.3 Å². The molecule has 3 rings (SSSR count). The molecular formula is C25H31NO3. The first-order chi connectivity index (χ1) is 13.9. The molecule has 4 nitrogen and oxygen atoms in total. The van der Waals surface area contributed by atoms with E-state index in [1.165, 1.54) is 11.1 Å². The maximum atomic E-state index is 10.5. The molecule has 0 amide bonds. The zero-order valence-electron chi connectivity index (χ0n) is 17.5. The van der Waals surface area contributed by atoms with Gasteiger partial charge >= 0.3 is 0 Å². The second-order valence-electron chi connectivity index (χ2n) is 8.47. The van der Waals surface area contributed by atoms with Gasteiger partial charge in [0.25, 0.3) is 0 Å². The summed E-state index contributed by atoms with van der Waals surface area (Å²) in [5.41, 5.74) is 2.66. The van der Waals surface area contributed by atoms with Gasteiger partial charge in [-0.05, 0) is 40.8 Å². The second-order valence-corrected chi connectivity index (χ2v) is 8.47. The number of aliphatic hydroxyl groups excluding tert-OH is 1. The number of rotatable bonds is 9. The third-order valence-corrected chi connectivity index (χ3v) is 4.84. The largest absolute Gasteiger partial charge is 0.491 e. The standard InChI is InChI=1S/C25H31NO3/c1-25(2,3)21-13-11-20(12-14-21)16-26(18-24-10-7-15-28-24)17-22(27)19-29-23-8-5-4-6-9-23/h4-15,22,27H,16-19H2,1-3H3. The molecule has 0 radical (unpaired) electrons. The summed E-state index contributed by atoms with van der Waals surface area (Å²) in [5.74, 6) is 1.65. The molecule has 2 aromatic carbocycles. The van der Waals surface area contributed by atoms with E-state index in [1.54, 1.807) is 6.26 Å². The number of nitrogens with zero attached hydrogens (tertiary/aromatic N) is 1. The lowest BCUT2D eigenvalue weighted by Crippen LogP contribution is -2.35. The van der Waals surface area contributed by atoms with Crippen LogP contribution in [0.5, 0.6) is 5.75 Å². The molecule has 1 unspecified atom stereocenters. The van der Waals surface area contributed by atoms with Gasteiger partial charge in [-0.1, -0.05) is 63.2 Å². The first kappa shape index (κ1) is 21.2. The van der Waals surface area contributed by atoms with Gasteiger partial charge in [0.2, 0.25) is 0 Å².